The highest BCUT2D eigenvalue weighted by Gasteiger charge is 2.23. The summed E-state index contributed by atoms with van der Waals surface area (Å²) in [5, 5.41) is 10.5. The predicted octanol–water partition coefficient (Wildman–Crippen LogP) is 4.11. The summed E-state index contributed by atoms with van der Waals surface area (Å²) in [4.78, 5) is 2.55. The van der Waals surface area contributed by atoms with Gasteiger partial charge in [-0.25, -0.2) is 0 Å². The van der Waals surface area contributed by atoms with Gasteiger partial charge in [-0.2, -0.15) is 0 Å². The minimum absolute atomic E-state index is 0.281. The molecule has 1 aromatic carbocycles. The van der Waals surface area contributed by atoms with Crippen LogP contribution in [0.3, 0.4) is 0 Å². The maximum atomic E-state index is 10.5. The van der Waals surface area contributed by atoms with E-state index in [2.05, 4.69) is 25.7 Å². The van der Waals surface area contributed by atoms with E-state index in [9.17, 15) is 5.11 Å². The lowest BCUT2D eigenvalue weighted by Gasteiger charge is -2.27. The van der Waals surface area contributed by atoms with Crippen LogP contribution in [0.1, 0.15) is 51.7 Å². The van der Waals surface area contributed by atoms with Gasteiger partial charge in [0, 0.05) is 6.54 Å². The van der Waals surface area contributed by atoms with Crippen LogP contribution in [0.4, 0.5) is 0 Å². The van der Waals surface area contributed by atoms with Crippen LogP contribution in [0.5, 0.6) is 0 Å². The monoisotopic (exact) mass is 289 g/mol. The number of aliphatic hydroxyl groups is 1. The Bertz CT molecular complexity index is 403. The van der Waals surface area contributed by atoms with Crippen LogP contribution in [0.2, 0.25) is 0 Å². The highest BCUT2D eigenvalue weighted by Crippen LogP contribution is 2.27. The first-order valence-electron chi connectivity index (χ1n) is 8.53. The number of rotatable bonds is 5. The number of likely N-dealkylation sites (tertiary alicyclic amines) is 1. The van der Waals surface area contributed by atoms with Gasteiger partial charge in [0.05, 0.1) is 6.10 Å². The highest BCUT2D eigenvalue weighted by molar-refractivity contribution is 5.17. The van der Waals surface area contributed by atoms with Gasteiger partial charge in [-0.15, -0.1) is 0 Å². The molecule has 0 aliphatic carbocycles. The third-order valence-corrected chi connectivity index (χ3v) is 5.03. The second kappa shape index (κ2) is 7.95. The standard InChI is InChI=1S/C19H31NO/c1-15(2)17-10-7-12-20(13-11-17)14-16(3)19(21)18-8-5-4-6-9-18/h4-6,8-9,15-17,19,21H,7,10-14H2,1-3H3. The molecule has 2 heteroatoms. The fourth-order valence-electron chi connectivity index (χ4n) is 3.52. The first kappa shape index (κ1) is 16.5. The normalized spacial score (nSPS) is 23.8. The Hall–Kier alpha value is -0.860. The molecule has 2 rings (SSSR count). The summed E-state index contributed by atoms with van der Waals surface area (Å²) in [5.74, 6) is 1.96. The first-order chi connectivity index (χ1) is 10.1. The lowest BCUT2D eigenvalue weighted by atomic mass is 9.89. The van der Waals surface area contributed by atoms with E-state index in [4.69, 9.17) is 0 Å². The summed E-state index contributed by atoms with van der Waals surface area (Å²) >= 11 is 0. The number of benzene rings is 1. The zero-order valence-electron chi connectivity index (χ0n) is 13.8. The van der Waals surface area contributed by atoms with E-state index in [1.165, 1.54) is 32.4 Å². The van der Waals surface area contributed by atoms with Crippen LogP contribution in [0, 0.1) is 17.8 Å². The first-order valence-corrected chi connectivity index (χ1v) is 8.53. The van der Waals surface area contributed by atoms with Crippen LogP contribution < -0.4 is 0 Å². The zero-order valence-corrected chi connectivity index (χ0v) is 13.8. The molecule has 0 aromatic heterocycles. The molecule has 0 radical (unpaired) electrons. The molecule has 1 heterocycles. The lowest BCUT2D eigenvalue weighted by molar-refractivity contribution is 0.0885. The van der Waals surface area contributed by atoms with Gasteiger partial charge >= 0.3 is 0 Å². The fraction of sp³-hybridized carbons (Fsp3) is 0.684. The van der Waals surface area contributed by atoms with E-state index in [0.29, 0.717) is 0 Å². The summed E-state index contributed by atoms with van der Waals surface area (Å²) in [5.41, 5.74) is 1.04. The summed E-state index contributed by atoms with van der Waals surface area (Å²) < 4.78 is 0. The molecule has 0 saturated carbocycles. The fourth-order valence-corrected chi connectivity index (χ4v) is 3.52. The van der Waals surface area contributed by atoms with E-state index >= 15 is 0 Å². The van der Waals surface area contributed by atoms with Gasteiger partial charge in [0.25, 0.3) is 0 Å². The largest absolute Gasteiger partial charge is 0.388 e. The Labute approximate surface area is 130 Å². The van der Waals surface area contributed by atoms with Crippen molar-refractivity contribution >= 4 is 0 Å². The van der Waals surface area contributed by atoms with Crippen molar-refractivity contribution in [2.45, 2.75) is 46.1 Å². The average Bonchev–Trinajstić information content (AvgIpc) is 2.73. The number of hydrogen-bond acceptors (Lipinski definition) is 2. The van der Waals surface area contributed by atoms with Crippen LogP contribution in [-0.4, -0.2) is 29.6 Å². The molecule has 0 amide bonds. The van der Waals surface area contributed by atoms with E-state index in [0.717, 1.165) is 23.9 Å². The number of hydrogen-bond donors (Lipinski definition) is 1. The Morgan fingerprint density at radius 3 is 2.48 bits per heavy atom. The van der Waals surface area contributed by atoms with Crippen molar-refractivity contribution in [1.82, 2.24) is 4.90 Å². The van der Waals surface area contributed by atoms with E-state index in [1.54, 1.807) is 0 Å². The van der Waals surface area contributed by atoms with Crippen LogP contribution >= 0.6 is 0 Å². The SMILES string of the molecule is CC(C)C1CCCN(CC(C)C(O)c2ccccc2)CC1. The van der Waals surface area contributed by atoms with Crippen molar-refractivity contribution in [3.63, 3.8) is 0 Å². The lowest BCUT2D eigenvalue weighted by Crippen LogP contribution is -2.32. The van der Waals surface area contributed by atoms with Gasteiger partial charge in [-0.1, -0.05) is 51.1 Å². The van der Waals surface area contributed by atoms with Gasteiger partial charge in [0.1, 0.15) is 0 Å². The van der Waals surface area contributed by atoms with Gasteiger partial charge in [-0.05, 0) is 55.7 Å². The van der Waals surface area contributed by atoms with Gasteiger partial charge in [-0.3, -0.25) is 0 Å². The van der Waals surface area contributed by atoms with Crippen molar-refractivity contribution < 1.29 is 5.11 Å². The Balaban J connectivity index is 1.86. The molecular weight excluding hydrogens is 258 g/mol. The minimum Gasteiger partial charge on any atom is -0.388 e. The maximum absolute atomic E-state index is 10.5. The summed E-state index contributed by atoms with van der Waals surface area (Å²) in [6.45, 7) is 10.2. The molecule has 1 fully saturated rings. The molecule has 2 nitrogen and oxygen atoms in total. The summed E-state index contributed by atoms with van der Waals surface area (Å²) in [6, 6.07) is 10.1. The van der Waals surface area contributed by atoms with Crippen LogP contribution in [0.15, 0.2) is 30.3 Å². The summed E-state index contributed by atoms with van der Waals surface area (Å²) in [7, 11) is 0. The van der Waals surface area contributed by atoms with Crippen molar-refractivity contribution in [3.05, 3.63) is 35.9 Å². The van der Waals surface area contributed by atoms with Crippen LogP contribution in [0.25, 0.3) is 0 Å². The molecule has 3 unspecified atom stereocenters. The summed E-state index contributed by atoms with van der Waals surface area (Å²) in [6.07, 6.45) is 3.63. The topological polar surface area (TPSA) is 23.5 Å². The molecule has 21 heavy (non-hydrogen) atoms. The zero-order chi connectivity index (χ0) is 15.2. The quantitative estimate of drug-likeness (QED) is 0.881. The van der Waals surface area contributed by atoms with Crippen molar-refractivity contribution in [3.8, 4) is 0 Å². The third-order valence-electron chi connectivity index (χ3n) is 5.03. The molecule has 1 aliphatic heterocycles. The molecule has 0 bridgehead atoms. The van der Waals surface area contributed by atoms with E-state index in [1.807, 2.05) is 30.3 Å². The van der Waals surface area contributed by atoms with Crippen molar-refractivity contribution in [2.75, 3.05) is 19.6 Å². The van der Waals surface area contributed by atoms with Gasteiger partial charge in [0.15, 0.2) is 0 Å². The third kappa shape index (κ3) is 4.82. The molecule has 118 valence electrons. The molecule has 0 spiro atoms. The van der Waals surface area contributed by atoms with Crippen molar-refractivity contribution in [2.24, 2.45) is 17.8 Å². The van der Waals surface area contributed by atoms with Gasteiger partial charge < -0.3 is 10.0 Å². The Morgan fingerprint density at radius 2 is 1.81 bits per heavy atom. The van der Waals surface area contributed by atoms with E-state index < -0.39 is 0 Å². The predicted molar refractivity (Wildman–Crippen MR) is 89.2 cm³/mol. The van der Waals surface area contributed by atoms with Gasteiger partial charge in [0.2, 0.25) is 0 Å². The molecular formula is C19H31NO. The number of aliphatic hydroxyl groups excluding tert-OH is 1. The van der Waals surface area contributed by atoms with E-state index in [-0.39, 0.29) is 12.0 Å². The van der Waals surface area contributed by atoms with Crippen LogP contribution in [-0.2, 0) is 0 Å². The number of nitrogens with zero attached hydrogens (tertiary/aromatic N) is 1. The maximum Gasteiger partial charge on any atom is 0.0827 e. The Kier molecular flexibility index (Phi) is 6.25. The molecule has 1 saturated heterocycles. The Morgan fingerprint density at radius 1 is 1.10 bits per heavy atom. The molecule has 1 aliphatic rings. The minimum atomic E-state index is -0.352. The highest BCUT2D eigenvalue weighted by atomic mass is 16.3. The molecule has 1 N–H and O–H groups in total. The van der Waals surface area contributed by atoms with Crippen molar-refractivity contribution in [1.29, 1.82) is 0 Å². The second-order valence-electron chi connectivity index (χ2n) is 7.07. The molecule has 3 atom stereocenters. The second-order valence-corrected chi connectivity index (χ2v) is 7.07. The smallest absolute Gasteiger partial charge is 0.0827 e. The molecule has 1 aromatic rings. The average molecular weight is 289 g/mol.